The highest BCUT2D eigenvalue weighted by Crippen LogP contribution is 2.28. The average molecular weight is 330 g/mol. The fourth-order valence-corrected chi connectivity index (χ4v) is 2.68. The topological polar surface area (TPSA) is 20.3 Å². The van der Waals surface area contributed by atoms with Crippen LogP contribution in [0.4, 0.5) is 13.2 Å². The van der Waals surface area contributed by atoms with Crippen LogP contribution >= 0.6 is 27.3 Å². The van der Waals surface area contributed by atoms with E-state index in [1.54, 1.807) is 6.07 Å². The van der Waals surface area contributed by atoms with E-state index in [4.69, 9.17) is 0 Å². The number of amides is 1. The molecule has 0 saturated carbocycles. The minimum atomic E-state index is -4.24. The van der Waals surface area contributed by atoms with E-state index in [9.17, 15) is 18.0 Å². The summed E-state index contributed by atoms with van der Waals surface area (Å²) in [7, 11) is 1.37. The number of hydrogen-bond acceptors (Lipinski definition) is 2. The summed E-state index contributed by atoms with van der Waals surface area (Å²) in [4.78, 5) is 13.3. The third-order valence-electron chi connectivity index (χ3n) is 2.15. The maximum atomic E-state index is 12.0. The van der Waals surface area contributed by atoms with Crippen molar-refractivity contribution in [2.75, 3.05) is 13.6 Å². The molecule has 1 aromatic heterocycles. The van der Waals surface area contributed by atoms with E-state index in [-0.39, 0.29) is 12.5 Å². The normalized spacial score (nSPS) is 11.6. The smallest absolute Gasteiger partial charge is 0.341 e. The lowest BCUT2D eigenvalue weighted by Crippen LogP contribution is -2.30. The van der Waals surface area contributed by atoms with Crippen molar-refractivity contribution < 1.29 is 18.0 Å². The summed E-state index contributed by atoms with van der Waals surface area (Å²) in [5.74, 6) is -0.381. The van der Waals surface area contributed by atoms with Crippen LogP contribution in [-0.2, 0) is 0 Å². The molecule has 7 heteroatoms. The fourth-order valence-electron chi connectivity index (χ4n) is 1.15. The van der Waals surface area contributed by atoms with Gasteiger partial charge in [0.2, 0.25) is 0 Å². The first-order valence-corrected chi connectivity index (χ1v) is 6.40. The van der Waals surface area contributed by atoms with Gasteiger partial charge in [0.15, 0.2) is 0 Å². The average Bonchev–Trinajstić information content (AvgIpc) is 2.53. The molecule has 17 heavy (non-hydrogen) atoms. The molecule has 0 fully saturated rings. The van der Waals surface area contributed by atoms with Crippen molar-refractivity contribution in [2.45, 2.75) is 19.5 Å². The molecule has 0 spiro atoms. The Labute approximate surface area is 110 Å². The van der Waals surface area contributed by atoms with Crippen molar-refractivity contribution >= 4 is 33.2 Å². The van der Waals surface area contributed by atoms with E-state index in [1.807, 2.05) is 6.92 Å². The predicted octanol–water partition coefficient (Wildman–Crippen LogP) is 3.84. The number of carbonyl (C=O) groups is 1. The first-order chi connectivity index (χ1) is 7.70. The molecule has 0 aliphatic carbocycles. The minimum Gasteiger partial charge on any atom is -0.341 e. The van der Waals surface area contributed by atoms with Crippen molar-refractivity contribution in [3.8, 4) is 0 Å². The molecule has 0 aliphatic rings. The molecule has 96 valence electrons. The zero-order valence-electron chi connectivity index (χ0n) is 9.27. The van der Waals surface area contributed by atoms with Crippen LogP contribution in [0.5, 0.6) is 0 Å². The minimum absolute atomic E-state index is 0.323. The van der Waals surface area contributed by atoms with Crippen LogP contribution in [0.15, 0.2) is 9.85 Å². The summed E-state index contributed by atoms with van der Waals surface area (Å²) in [6.07, 6.45) is -5.22. The maximum absolute atomic E-state index is 12.0. The van der Waals surface area contributed by atoms with Crippen LogP contribution in [0.2, 0.25) is 0 Å². The fraction of sp³-hybridized carbons (Fsp3) is 0.500. The lowest BCUT2D eigenvalue weighted by Gasteiger charge is -2.17. The van der Waals surface area contributed by atoms with Crippen molar-refractivity contribution in [2.24, 2.45) is 0 Å². The molecule has 0 aliphatic heterocycles. The van der Waals surface area contributed by atoms with E-state index >= 15 is 0 Å². The van der Waals surface area contributed by atoms with E-state index in [0.717, 1.165) is 14.2 Å². The summed E-state index contributed by atoms with van der Waals surface area (Å²) in [5.41, 5.74) is 0.905. The van der Waals surface area contributed by atoms with Gasteiger partial charge in [-0.25, -0.2) is 0 Å². The summed E-state index contributed by atoms with van der Waals surface area (Å²) >= 11 is 4.50. The zero-order chi connectivity index (χ0) is 13.2. The van der Waals surface area contributed by atoms with E-state index in [1.165, 1.54) is 18.4 Å². The summed E-state index contributed by atoms with van der Waals surface area (Å²) in [6.45, 7) is 1.50. The Morgan fingerprint density at radius 2 is 2.12 bits per heavy atom. The standard InChI is InChI=1S/C10H11BrF3NOS/c1-6-5-7(17-8(6)11)9(16)15(2)4-3-10(12,13)14/h5H,3-4H2,1-2H3. The second-order valence-corrected chi connectivity index (χ2v) is 6.03. The van der Waals surface area contributed by atoms with Gasteiger partial charge in [0, 0.05) is 13.6 Å². The number of hydrogen-bond donors (Lipinski definition) is 0. The van der Waals surface area contributed by atoms with E-state index in [2.05, 4.69) is 15.9 Å². The predicted molar refractivity (Wildman–Crippen MR) is 64.4 cm³/mol. The molecule has 1 amide bonds. The molecule has 0 unspecified atom stereocenters. The van der Waals surface area contributed by atoms with Gasteiger partial charge in [-0.05, 0) is 34.5 Å². The quantitative estimate of drug-likeness (QED) is 0.825. The largest absolute Gasteiger partial charge is 0.390 e. The van der Waals surface area contributed by atoms with Crippen LogP contribution in [0.3, 0.4) is 0 Å². The Hall–Kier alpha value is -0.560. The molecule has 1 rings (SSSR count). The molecule has 0 atom stereocenters. The summed E-state index contributed by atoms with van der Waals surface area (Å²) < 4.78 is 36.8. The van der Waals surface area contributed by atoms with Crippen LogP contribution in [-0.4, -0.2) is 30.6 Å². The Bertz CT molecular complexity index is 397. The van der Waals surface area contributed by atoms with Crippen LogP contribution in [0.25, 0.3) is 0 Å². The second-order valence-electron chi connectivity index (χ2n) is 3.66. The molecule has 1 aromatic rings. The molecular formula is C10H11BrF3NOS. The summed E-state index contributed by atoms with van der Waals surface area (Å²) in [6, 6.07) is 1.67. The Kier molecular flexibility index (Phi) is 4.60. The SMILES string of the molecule is Cc1cc(C(=O)N(C)CCC(F)(F)F)sc1Br. The molecule has 2 nitrogen and oxygen atoms in total. The van der Waals surface area contributed by atoms with E-state index in [0.29, 0.717) is 4.88 Å². The Morgan fingerprint density at radius 1 is 1.53 bits per heavy atom. The van der Waals surface area contributed by atoms with Crippen molar-refractivity contribution in [1.82, 2.24) is 4.90 Å². The van der Waals surface area contributed by atoms with Crippen molar-refractivity contribution in [3.05, 3.63) is 20.3 Å². The first kappa shape index (κ1) is 14.5. The van der Waals surface area contributed by atoms with Gasteiger partial charge in [0.25, 0.3) is 5.91 Å². The van der Waals surface area contributed by atoms with Crippen molar-refractivity contribution in [3.63, 3.8) is 0 Å². The molecule has 1 heterocycles. The van der Waals surface area contributed by atoms with Gasteiger partial charge in [0.05, 0.1) is 15.1 Å². The van der Waals surface area contributed by atoms with Crippen molar-refractivity contribution in [1.29, 1.82) is 0 Å². The first-order valence-electron chi connectivity index (χ1n) is 4.79. The van der Waals surface area contributed by atoms with Gasteiger partial charge in [0.1, 0.15) is 0 Å². The molecule has 0 N–H and O–H groups in total. The van der Waals surface area contributed by atoms with Crippen LogP contribution < -0.4 is 0 Å². The van der Waals surface area contributed by atoms with Gasteiger partial charge >= 0.3 is 6.18 Å². The zero-order valence-corrected chi connectivity index (χ0v) is 11.7. The molecule has 0 radical (unpaired) electrons. The third-order valence-corrected chi connectivity index (χ3v) is 4.27. The number of rotatable bonds is 3. The number of thiophene rings is 1. The third kappa shape index (κ3) is 4.31. The lowest BCUT2D eigenvalue weighted by molar-refractivity contribution is -0.136. The van der Waals surface area contributed by atoms with Crippen LogP contribution in [0, 0.1) is 6.92 Å². The number of aryl methyl sites for hydroxylation is 1. The lowest BCUT2D eigenvalue weighted by atomic mass is 10.3. The molecular weight excluding hydrogens is 319 g/mol. The Balaban J connectivity index is 2.64. The van der Waals surface area contributed by atoms with E-state index < -0.39 is 12.6 Å². The molecule has 0 aromatic carbocycles. The highest BCUT2D eigenvalue weighted by atomic mass is 79.9. The van der Waals surface area contributed by atoms with Gasteiger partial charge in [-0.1, -0.05) is 0 Å². The highest BCUT2D eigenvalue weighted by molar-refractivity contribution is 9.11. The maximum Gasteiger partial charge on any atom is 0.390 e. The molecule has 0 saturated heterocycles. The number of alkyl halides is 3. The number of halogens is 4. The highest BCUT2D eigenvalue weighted by Gasteiger charge is 2.28. The van der Waals surface area contributed by atoms with Gasteiger partial charge in [-0.15, -0.1) is 11.3 Å². The van der Waals surface area contributed by atoms with Gasteiger partial charge < -0.3 is 4.90 Å². The Morgan fingerprint density at radius 3 is 2.53 bits per heavy atom. The van der Waals surface area contributed by atoms with Gasteiger partial charge in [-0.3, -0.25) is 4.79 Å². The second kappa shape index (κ2) is 5.39. The van der Waals surface area contributed by atoms with Gasteiger partial charge in [-0.2, -0.15) is 13.2 Å². The number of nitrogens with zero attached hydrogens (tertiary/aromatic N) is 1. The monoisotopic (exact) mass is 329 g/mol. The molecule has 0 bridgehead atoms. The number of carbonyl (C=O) groups excluding carboxylic acids is 1. The summed E-state index contributed by atoms with van der Waals surface area (Å²) in [5, 5.41) is 0. The van der Waals surface area contributed by atoms with Crippen LogP contribution in [0.1, 0.15) is 21.7 Å².